The summed E-state index contributed by atoms with van der Waals surface area (Å²) in [7, 11) is 0. The van der Waals surface area contributed by atoms with Crippen molar-refractivity contribution in [1.82, 2.24) is 30.5 Å². The van der Waals surface area contributed by atoms with Crippen molar-refractivity contribution < 1.29 is 57.2 Å². The van der Waals surface area contributed by atoms with E-state index < -0.39 is 5.91 Å². The molecule has 5 aromatic carbocycles. The molecule has 0 bridgehead atoms. The molecule has 3 N–H and O–H groups in total. The number of para-hydroxylation sites is 1. The Morgan fingerprint density at radius 1 is 0.821 bits per heavy atom. The number of nitrogens with one attached hydrogen (secondary N) is 3. The SMILES string of the molecule is CCN(CC)Cc1ccccc1CNC(=O)c1cccc(NC(=O)c2cccc(C(=O)NCCn3cc(CCC[N+]4=C(/C=C/C5=C6Oc7cc(OC(=O)C8CC8)ccc7C=C6CCC5)C(C)(C)c5ccccc54)nn3)c2)c1.[I-]. The molecule has 10 rings (SSSR count). The summed E-state index contributed by atoms with van der Waals surface area (Å²) in [5.41, 5.74) is 11.4. The fourth-order valence-corrected chi connectivity index (χ4v) is 10.5. The van der Waals surface area contributed by atoms with E-state index in [9.17, 15) is 19.2 Å². The molecule has 78 heavy (non-hydrogen) atoms. The van der Waals surface area contributed by atoms with Gasteiger partial charge in [-0.3, -0.25) is 28.8 Å². The quantitative estimate of drug-likeness (QED) is 0.0287. The van der Waals surface area contributed by atoms with Crippen LogP contribution in [0.1, 0.15) is 125 Å². The lowest BCUT2D eigenvalue weighted by molar-refractivity contribution is -0.438. The second-order valence-corrected chi connectivity index (χ2v) is 20.7. The number of nitrogens with zero attached hydrogens (tertiary/aromatic N) is 5. The molecule has 6 aromatic rings. The van der Waals surface area contributed by atoms with Crippen molar-refractivity contribution in [2.45, 2.75) is 97.7 Å². The van der Waals surface area contributed by atoms with E-state index in [1.54, 1.807) is 53.2 Å². The van der Waals surface area contributed by atoms with E-state index in [-0.39, 0.29) is 53.1 Å². The van der Waals surface area contributed by atoms with Gasteiger partial charge in [0, 0.05) is 84.0 Å². The molecular formula is C63H67IN8O6. The zero-order valence-corrected chi connectivity index (χ0v) is 47.0. The van der Waals surface area contributed by atoms with Crippen molar-refractivity contribution in [3.05, 3.63) is 195 Å². The Bertz CT molecular complexity index is 3360. The third-order valence-electron chi connectivity index (χ3n) is 15.0. The number of halogens is 1. The second-order valence-electron chi connectivity index (χ2n) is 20.7. The number of ether oxygens (including phenoxy) is 2. The van der Waals surface area contributed by atoms with Gasteiger partial charge in [0.1, 0.15) is 23.8 Å². The fourth-order valence-electron chi connectivity index (χ4n) is 10.5. The van der Waals surface area contributed by atoms with Crippen LogP contribution >= 0.6 is 0 Å². The summed E-state index contributed by atoms with van der Waals surface area (Å²) in [6, 6.07) is 35.8. The molecular weight excluding hydrogens is 1090 g/mol. The number of benzene rings is 5. The van der Waals surface area contributed by atoms with Crippen LogP contribution in [0, 0.1) is 5.92 Å². The summed E-state index contributed by atoms with van der Waals surface area (Å²) in [4.78, 5) is 54.7. The Balaban J connectivity index is 0.00000740. The van der Waals surface area contributed by atoms with Crippen LogP contribution in [0.2, 0.25) is 0 Å². The number of fused-ring (bicyclic) bond motifs is 3. The van der Waals surface area contributed by atoms with Gasteiger partial charge in [-0.25, -0.2) is 0 Å². The van der Waals surface area contributed by atoms with Crippen LogP contribution in [0.25, 0.3) is 6.08 Å². The van der Waals surface area contributed by atoms with E-state index in [2.05, 4.69) is 112 Å². The summed E-state index contributed by atoms with van der Waals surface area (Å²) in [6.45, 7) is 13.4. The predicted octanol–water partition coefficient (Wildman–Crippen LogP) is 7.53. The highest BCUT2D eigenvalue weighted by Crippen LogP contribution is 2.43. The Labute approximate surface area is 473 Å². The molecule has 2 aliphatic carbocycles. The van der Waals surface area contributed by atoms with E-state index in [1.807, 2.05) is 42.6 Å². The van der Waals surface area contributed by atoms with Gasteiger partial charge in [0.25, 0.3) is 17.7 Å². The number of anilines is 1. The Hall–Kier alpha value is -7.50. The normalized spacial score (nSPS) is 15.2. The van der Waals surface area contributed by atoms with Crippen LogP contribution in [-0.4, -0.2) is 80.1 Å². The van der Waals surface area contributed by atoms with Gasteiger partial charge in [-0.05, 0) is 148 Å². The minimum Gasteiger partial charge on any atom is -1.00 e. The molecule has 4 aliphatic rings. The maximum Gasteiger partial charge on any atom is 0.314 e. The van der Waals surface area contributed by atoms with Crippen LogP contribution in [0.5, 0.6) is 11.5 Å². The maximum absolute atomic E-state index is 13.4. The molecule has 0 unspecified atom stereocenters. The molecule has 0 saturated heterocycles. The van der Waals surface area contributed by atoms with Crippen molar-refractivity contribution in [2.75, 3.05) is 31.5 Å². The molecule has 3 heterocycles. The van der Waals surface area contributed by atoms with Crippen LogP contribution in [-0.2, 0) is 36.3 Å². The average Bonchev–Trinajstić information content (AvgIpc) is 4.36. The molecule has 3 amide bonds. The minimum absolute atomic E-state index is 0. The van der Waals surface area contributed by atoms with E-state index in [0.717, 1.165) is 99.3 Å². The number of carbonyl (C=O) groups is 4. The minimum atomic E-state index is -0.402. The van der Waals surface area contributed by atoms with Gasteiger partial charge < -0.3 is 49.4 Å². The molecule has 0 radical (unpaired) electrons. The van der Waals surface area contributed by atoms with Gasteiger partial charge in [-0.1, -0.05) is 73.7 Å². The van der Waals surface area contributed by atoms with Crippen molar-refractivity contribution in [3.8, 4) is 11.5 Å². The lowest BCUT2D eigenvalue weighted by atomic mass is 9.81. The number of hydrogen-bond donors (Lipinski definition) is 3. The van der Waals surface area contributed by atoms with Crippen molar-refractivity contribution in [2.24, 2.45) is 5.92 Å². The van der Waals surface area contributed by atoms with Gasteiger partial charge in [-0.2, -0.15) is 4.58 Å². The van der Waals surface area contributed by atoms with E-state index in [1.165, 1.54) is 28.1 Å². The van der Waals surface area contributed by atoms with Gasteiger partial charge in [0.05, 0.1) is 23.6 Å². The zero-order chi connectivity index (χ0) is 53.5. The molecule has 14 nitrogen and oxygen atoms in total. The highest BCUT2D eigenvalue weighted by molar-refractivity contribution is 6.07. The lowest BCUT2D eigenvalue weighted by Gasteiger charge is -2.26. The smallest absolute Gasteiger partial charge is 0.314 e. The topological polar surface area (TPSA) is 160 Å². The van der Waals surface area contributed by atoms with E-state index in [0.29, 0.717) is 53.5 Å². The first-order valence-electron chi connectivity index (χ1n) is 27.1. The summed E-state index contributed by atoms with van der Waals surface area (Å²) in [5, 5.41) is 17.7. The standard InChI is InChI=1S/C63H66N8O6.HI/c1-5-69(6-2)40-50-16-8-7-15-49(50)39-65-60(73)48-21-13-22-51(37-48)66-61(74)47-20-12-19-46(36-47)59(72)64-32-34-70-41-52(67-68-70)23-14-33-71-55-25-10-9-24-54(55)63(3,4)57(71)31-29-42-17-11-18-45-35-44-28-30-53(38-56(44)77-58(42)45)76-62(75)43-26-27-43;/h7-10,12-13,15-16,19-22,24-25,28-31,35-38,41,43H,5-6,11,14,17-18,23,26-27,32-34,39-40H2,1-4H3,(H2-,64,65,66,72,73,74);1H/b31-29+;. The van der Waals surface area contributed by atoms with Gasteiger partial charge in [-0.15, -0.1) is 5.10 Å². The first kappa shape index (κ1) is 55.3. The highest BCUT2D eigenvalue weighted by Gasteiger charge is 2.44. The van der Waals surface area contributed by atoms with Crippen molar-refractivity contribution >= 4 is 46.9 Å². The molecule has 1 saturated carbocycles. The average molecular weight is 1160 g/mol. The first-order chi connectivity index (χ1) is 37.4. The number of aromatic nitrogens is 3. The van der Waals surface area contributed by atoms with E-state index >= 15 is 0 Å². The zero-order valence-electron chi connectivity index (χ0n) is 44.8. The van der Waals surface area contributed by atoms with Crippen LogP contribution < -0.4 is 49.4 Å². The van der Waals surface area contributed by atoms with Gasteiger partial charge in [0.2, 0.25) is 5.69 Å². The molecule has 15 heteroatoms. The Morgan fingerprint density at radius 3 is 2.35 bits per heavy atom. The number of rotatable bonds is 21. The maximum atomic E-state index is 13.4. The second kappa shape index (κ2) is 24.9. The highest BCUT2D eigenvalue weighted by atomic mass is 127. The lowest BCUT2D eigenvalue weighted by Crippen LogP contribution is -3.00. The summed E-state index contributed by atoms with van der Waals surface area (Å²) < 4.78 is 16.5. The third kappa shape index (κ3) is 12.9. The van der Waals surface area contributed by atoms with Crippen LogP contribution in [0.4, 0.5) is 11.4 Å². The fraction of sp³-hybridized carbons (Fsp3) is 0.317. The Kier molecular flexibility index (Phi) is 17.6. The van der Waals surface area contributed by atoms with Crippen molar-refractivity contribution in [1.29, 1.82) is 0 Å². The first-order valence-corrected chi connectivity index (χ1v) is 27.1. The number of amides is 3. The number of allylic oxidation sites excluding steroid dienone is 4. The molecule has 1 fully saturated rings. The largest absolute Gasteiger partial charge is 1.00 e. The molecule has 0 spiro atoms. The number of carbonyl (C=O) groups excluding carboxylic acids is 4. The predicted molar refractivity (Wildman–Crippen MR) is 298 cm³/mol. The number of esters is 1. The summed E-state index contributed by atoms with van der Waals surface area (Å²) in [6.07, 6.45) is 14.9. The molecule has 1 aromatic heterocycles. The third-order valence-corrected chi connectivity index (χ3v) is 15.0. The molecule has 402 valence electrons. The van der Waals surface area contributed by atoms with Crippen LogP contribution in [0.3, 0.4) is 0 Å². The number of aryl methyl sites for hydroxylation is 1. The summed E-state index contributed by atoms with van der Waals surface area (Å²) >= 11 is 0. The van der Waals surface area contributed by atoms with Gasteiger partial charge >= 0.3 is 5.97 Å². The van der Waals surface area contributed by atoms with E-state index in [4.69, 9.17) is 9.47 Å². The summed E-state index contributed by atoms with van der Waals surface area (Å²) in [5.74, 6) is 0.998. The van der Waals surface area contributed by atoms with Crippen LogP contribution in [0.15, 0.2) is 151 Å². The molecule has 0 atom stereocenters. The van der Waals surface area contributed by atoms with Gasteiger partial charge in [0.15, 0.2) is 5.71 Å². The number of hydrogen-bond acceptors (Lipinski definition) is 9. The Morgan fingerprint density at radius 2 is 1.55 bits per heavy atom. The monoisotopic (exact) mass is 1160 g/mol. The molecule has 2 aliphatic heterocycles. The van der Waals surface area contributed by atoms with Crippen molar-refractivity contribution in [3.63, 3.8) is 0 Å².